The monoisotopic (exact) mass is 1020 g/mol. The van der Waals surface area contributed by atoms with E-state index in [2.05, 4.69) is 79.7 Å². The van der Waals surface area contributed by atoms with Gasteiger partial charge in [0, 0.05) is 109 Å². The molecule has 9 heterocycles. The summed E-state index contributed by atoms with van der Waals surface area (Å²) in [6.45, 7) is 1.96. The summed E-state index contributed by atoms with van der Waals surface area (Å²) in [5, 5.41) is 14.9. The molecule has 4 N–H and O–H groups in total. The van der Waals surface area contributed by atoms with Gasteiger partial charge in [-0.2, -0.15) is 10.2 Å². The van der Waals surface area contributed by atoms with Crippen LogP contribution in [0.4, 0.5) is 5.82 Å². The zero-order valence-electron chi connectivity index (χ0n) is 40.0. The molecule has 3 aliphatic carbocycles. The number of nitrogens with zero attached hydrogens (tertiary/aromatic N) is 14. The number of H-pyrrole nitrogens is 2. The van der Waals surface area contributed by atoms with Gasteiger partial charge in [-0.15, -0.1) is 0 Å². The first-order valence-electron chi connectivity index (χ1n) is 23.3. The third-order valence-corrected chi connectivity index (χ3v) is 11.3. The number of nitrogen functional groups attached to an aromatic ring is 1. The molecular weight excluding hydrogens is 974 g/mol. The summed E-state index contributed by atoms with van der Waals surface area (Å²) in [7, 11) is 1.23. The largest absolute Gasteiger partial charge is 0.469 e. The van der Waals surface area contributed by atoms with Crippen LogP contribution >= 0.6 is 11.6 Å². The van der Waals surface area contributed by atoms with Crippen LogP contribution in [0.15, 0.2) is 109 Å². The standard InChI is InChI=1S/C13H10ClN5.C13H11N5O.C9H10N2O3.C8H8N2O3.C6H9N3/c14-12-5-10(11-7-15-3-4-16-11)17-13-6-9(8-1-2-8)18-19(12)13;19-13-6-10(11-7-14-3-4-15-11)16-12-5-9(8-1-2-8)17-18(12)13;1-2-14-9(13)5-8(12)7-6-10-3-4-11-7;1-13-8(12)4-7(11)6-5-9-2-3-10-6;7-6-3-5(8-9-6)4-1-2-4/h3-8H,1-2H2;3-8,17H,1-2H2;3-4,6H,2,5H2,1H3;2-3,5H,4H2,1H3;3-4H,1-2H2,(H3,7,8,9). The topological polar surface area (TPSA) is 325 Å². The highest BCUT2D eigenvalue weighted by molar-refractivity contribution is 6.30. The van der Waals surface area contributed by atoms with Gasteiger partial charge in [-0.3, -0.25) is 64.1 Å². The number of hydrogen-bond donors (Lipinski definition) is 3. The second-order valence-electron chi connectivity index (χ2n) is 16.7. The van der Waals surface area contributed by atoms with Gasteiger partial charge in [0.1, 0.15) is 46.6 Å². The van der Waals surface area contributed by atoms with E-state index in [4.69, 9.17) is 17.3 Å². The summed E-state index contributed by atoms with van der Waals surface area (Å²) >= 11 is 6.26. The first-order chi connectivity index (χ1) is 36.0. The SMILES string of the molecule is CCOC(=O)CC(=O)c1cnccn1.COC(=O)CC(=O)c1cnccn1.Clc1cc(-c2cnccn2)nc2cc(C3CC3)nn12.Nc1cc(C2CC2)[nH]n1.O=c1cc(-c2cnccn2)nc2cc(C3CC3)[nH]n12. The lowest BCUT2D eigenvalue weighted by Crippen LogP contribution is -2.14. The number of fused-ring (bicyclic) bond motifs is 2. The number of methoxy groups -OCH3 is 1. The zero-order valence-corrected chi connectivity index (χ0v) is 40.7. The van der Waals surface area contributed by atoms with Gasteiger partial charge in [-0.25, -0.2) is 29.0 Å². The average Bonchev–Trinajstić information content (AvgIpc) is 4.39. The molecule has 0 atom stereocenters. The lowest BCUT2D eigenvalue weighted by Gasteiger charge is -2.01. The quantitative estimate of drug-likeness (QED) is 0.0565. The molecule has 25 heteroatoms. The fourth-order valence-electron chi connectivity index (χ4n) is 6.84. The number of esters is 2. The number of ether oxygens (including phenoxy) is 2. The number of aromatic nitrogens is 16. The molecule has 0 spiro atoms. The van der Waals surface area contributed by atoms with Gasteiger partial charge in [-0.1, -0.05) is 11.6 Å². The number of rotatable bonds is 12. The highest BCUT2D eigenvalue weighted by Gasteiger charge is 2.28. The van der Waals surface area contributed by atoms with Gasteiger partial charge in [0.25, 0.3) is 5.56 Å². The Labute approximate surface area is 425 Å². The van der Waals surface area contributed by atoms with Crippen molar-refractivity contribution in [2.45, 2.75) is 76.0 Å². The number of nitrogens with one attached hydrogen (secondary N) is 2. The van der Waals surface area contributed by atoms with E-state index < -0.39 is 11.9 Å². The maximum atomic E-state index is 12.1. The number of carbonyl (C=O) groups excluding carboxylic acids is 4. The van der Waals surface area contributed by atoms with Crippen molar-refractivity contribution in [3.63, 3.8) is 0 Å². The number of ketones is 2. The van der Waals surface area contributed by atoms with Crippen LogP contribution in [0, 0.1) is 0 Å². The molecule has 0 aliphatic heterocycles. The van der Waals surface area contributed by atoms with Gasteiger partial charge in [0.15, 0.2) is 22.9 Å². The summed E-state index contributed by atoms with van der Waals surface area (Å²) in [5.74, 6) is 0.598. The molecule has 0 radical (unpaired) electrons. The molecule has 0 unspecified atom stereocenters. The Morgan fingerprint density at radius 2 is 1.19 bits per heavy atom. The van der Waals surface area contributed by atoms with Crippen molar-refractivity contribution in [3.05, 3.63) is 149 Å². The van der Waals surface area contributed by atoms with Crippen LogP contribution in [0.25, 0.3) is 34.1 Å². The summed E-state index contributed by atoms with van der Waals surface area (Å²) in [5.41, 5.74) is 13.0. The molecule has 24 nitrogen and oxygen atoms in total. The molecule has 3 aliphatic rings. The first-order valence-corrected chi connectivity index (χ1v) is 23.7. The Bertz CT molecular complexity index is 3400. The Morgan fingerprint density at radius 3 is 1.69 bits per heavy atom. The third kappa shape index (κ3) is 14.3. The highest BCUT2D eigenvalue weighted by atomic mass is 35.5. The van der Waals surface area contributed by atoms with E-state index in [-0.39, 0.29) is 48.0 Å². The minimum atomic E-state index is -0.573. The van der Waals surface area contributed by atoms with Crippen LogP contribution in [-0.4, -0.2) is 116 Å². The van der Waals surface area contributed by atoms with Crippen molar-refractivity contribution < 1.29 is 28.7 Å². The zero-order chi connectivity index (χ0) is 52.0. The van der Waals surface area contributed by atoms with E-state index in [0.717, 1.165) is 23.0 Å². The lowest BCUT2D eigenvalue weighted by atomic mass is 10.2. The normalized spacial score (nSPS) is 13.3. The van der Waals surface area contributed by atoms with Crippen molar-refractivity contribution >= 4 is 52.2 Å². The van der Waals surface area contributed by atoms with E-state index in [9.17, 15) is 24.0 Å². The van der Waals surface area contributed by atoms with Crippen molar-refractivity contribution in [3.8, 4) is 22.8 Å². The number of hydrogen-bond acceptors (Lipinski definition) is 20. The lowest BCUT2D eigenvalue weighted by molar-refractivity contribution is -0.142. The molecule has 0 saturated heterocycles. The van der Waals surface area contributed by atoms with E-state index in [0.29, 0.717) is 51.2 Å². The molecule has 0 amide bonds. The fourth-order valence-corrected chi connectivity index (χ4v) is 7.07. The van der Waals surface area contributed by atoms with Crippen LogP contribution in [0.2, 0.25) is 5.15 Å². The van der Waals surface area contributed by atoms with E-state index in [1.807, 2.05) is 18.2 Å². The Hall–Kier alpha value is -9.06. The van der Waals surface area contributed by atoms with Crippen molar-refractivity contribution in [2.24, 2.45) is 0 Å². The number of carbonyl (C=O) groups is 4. The smallest absolute Gasteiger partial charge is 0.313 e. The van der Waals surface area contributed by atoms with Crippen molar-refractivity contribution in [1.82, 2.24) is 79.3 Å². The highest BCUT2D eigenvalue weighted by Crippen LogP contribution is 2.41. The molecule has 9 aromatic rings. The molecular formula is C49H48ClN17O7. The summed E-state index contributed by atoms with van der Waals surface area (Å²) in [6, 6.07) is 9.10. The molecule has 9 aromatic heterocycles. The maximum absolute atomic E-state index is 12.1. The van der Waals surface area contributed by atoms with E-state index in [1.165, 1.54) is 99.1 Å². The van der Waals surface area contributed by atoms with Crippen LogP contribution in [-0.2, 0) is 19.1 Å². The second kappa shape index (κ2) is 24.4. The number of Topliss-reactive ketones (excluding diaryl/α,β-unsaturated/α-hetero) is 2. The molecule has 3 saturated carbocycles. The van der Waals surface area contributed by atoms with Gasteiger partial charge < -0.3 is 15.2 Å². The number of aromatic amines is 2. The molecule has 74 heavy (non-hydrogen) atoms. The summed E-state index contributed by atoms with van der Waals surface area (Å²) < 4.78 is 12.1. The third-order valence-electron chi connectivity index (χ3n) is 11.0. The van der Waals surface area contributed by atoms with Crippen LogP contribution in [0.3, 0.4) is 0 Å². The Morgan fingerprint density at radius 1 is 0.649 bits per heavy atom. The Kier molecular flexibility index (Phi) is 16.9. The molecule has 0 aromatic carbocycles. The number of nitrogens with two attached hydrogens (primary N) is 1. The van der Waals surface area contributed by atoms with Crippen molar-refractivity contribution in [2.75, 3.05) is 19.5 Å². The van der Waals surface area contributed by atoms with Gasteiger partial charge in [-0.05, 0) is 45.4 Å². The molecule has 0 bridgehead atoms. The van der Waals surface area contributed by atoms with E-state index >= 15 is 0 Å². The minimum absolute atomic E-state index is 0.127. The maximum Gasteiger partial charge on any atom is 0.313 e. The van der Waals surface area contributed by atoms with Crippen molar-refractivity contribution in [1.29, 1.82) is 0 Å². The average molecular weight is 1020 g/mol. The summed E-state index contributed by atoms with van der Waals surface area (Å²) in [6.07, 6.45) is 24.8. The van der Waals surface area contributed by atoms with E-state index in [1.54, 1.807) is 54.7 Å². The first kappa shape index (κ1) is 51.3. The fraction of sp³-hybridized carbons (Fsp3) is 0.286. The van der Waals surface area contributed by atoms with Crippen LogP contribution < -0.4 is 11.3 Å². The molecule has 3 fully saturated rings. The van der Waals surface area contributed by atoms with Crippen LogP contribution in [0.1, 0.15) is 114 Å². The van der Waals surface area contributed by atoms with Gasteiger partial charge in [0.05, 0.1) is 55.6 Å². The molecule has 12 rings (SSSR count). The molecule has 378 valence electrons. The van der Waals surface area contributed by atoms with Crippen LogP contribution in [0.5, 0.6) is 0 Å². The Balaban J connectivity index is 0.000000126. The predicted octanol–water partition coefficient (Wildman–Crippen LogP) is 5.78. The van der Waals surface area contributed by atoms with Gasteiger partial charge in [0.2, 0.25) is 0 Å². The summed E-state index contributed by atoms with van der Waals surface area (Å²) in [4.78, 5) is 96.7. The number of anilines is 1. The van der Waals surface area contributed by atoms with Gasteiger partial charge >= 0.3 is 11.9 Å². The second-order valence-corrected chi connectivity index (χ2v) is 17.1. The predicted molar refractivity (Wildman–Crippen MR) is 265 cm³/mol. The minimum Gasteiger partial charge on any atom is -0.469 e. The number of halogens is 1.